The van der Waals surface area contributed by atoms with Crippen LogP contribution in [0.1, 0.15) is 22.7 Å². The molecule has 1 atom stereocenters. The van der Waals surface area contributed by atoms with Crippen molar-refractivity contribution >= 4 is 17.4 Å². The number of nitrogens with zero attached hydrogens (tertiary/aromatic N) is 3. The Bertz CT molecular complexity index is 1190. The lowest BCUT2D eigenvalue weighted by Gasteiger charge is -2.25. The van der Waals surface area contributed by atoms with Gasteiger partial charge in [0.2, 0.25) is 6.79 Å². The van der Waals surface area contributed by atoms with Crippen molar-refractivity contribution in [2.45, 2.75) is 12.6 Å². The van der Waals surface area contributed by atoms with E-state index >= 15 is 0 Å². The summed E-state index contributed by atoms with van der Waals surface area (Å²) in [7, 11) is 0. The van der Waals surface area contributed by atoms with Gasteiger partial charge in [-0.05, 0) is 47.5 Å². The Morgan fingerprint density at radius 2 is 1.84 bits per heavy atom. The van der Waals surface area contributed by atoms with Crippen molar-refractivity contribution in [3.63, 3.8) is 0 Å². The number of ketones is 1. The number of amides is 1. The molecule has 1 amide bonds. The minimum Gasteiger partial charge on any atom is -0.507 e. The Hall–Kier alpha value is -4.20. The fourth-order valence-corrected chi connectivity index (χ4v) is 3.81. The molecule has 2 aromatic heterocycles. The standard InChI is InChI=1S/C23H17N3O5/c27-21(15-3-4-17-18(10-15)31-13-30-17)19-20(16-2-1-7-25-11-16)26(23(29)22(19)28)12-14-5-8-24-9-6-14/h1-11,20,27H,12-13H2/b21-19-. The number of aromatic nitrogens is 2. The molecule has 8 nitrogen and oxygen atoms in total. The second kappa shape index (κ2) is 7.56. The summed E-state index contributed by atoms with van der Waals surface area (Å²) in [5, 5.41) is 11.1. The molecule has 4 heterocycles. The van der Waals surface area contributed by atoms with Crippen LogP contribution in [0.5, 0.6) is 11.5 Å². The molecule has 5 rings (SSSR count). The zero-order valence-electron chi connectivity index (χ0n) is 16.3. The third kappa shape index (κ3) is 3.28. The average molecular weight is 415 g/mol. The Balaban J connectivity index is 1.63. The number of hydrogen-bond donors (Lipinski definition) is 1. The van der Waals surface area contributed by atoms with Gasteiger partial charge >= 0.3 is 0 Å². The SMILES string of the molecule is O=C1C(=O)N(Cc2ccncc2)C(c2cccnc2)/C1=C(/O)c1ccc2c(c1)OCO2. The summed E-state index contributed by atoms with van der Waals surface area (Å²) in [6, 6.07) is 11.1. The van der Waals surface area contributed by atoms with Gasteiger partial charge < -0.3 is 19.5 Å². The van der Waals surface area contributed by atoms with Gasteiger partial charge in [-0.3, -0.25) is 19.6 Å². The maximum Gasteiger partial charge on any atom is 0.295 e. The van der Waals surface area contributed by atoms with Crippen molar-refractivity contribution in [2.75, 3.05) is 6.79 Å². The molecule has 2 aliphatic heterocycles. The van der Waals surface area contributed by atoms with Crippen molar-refractivity contribution < 1.29 is 24.2 Å². The lowest BCUT2D eigenvalue weighted by molar-refractivity contribution is -0.140. The normalized spacial score (nSPS) is 19.1. The molecule has 31 heavy (non-hydrogen) atoms. The predicted octanol–water partition coefficient (Wildman–Crippen LogP) is 2.83. The maximum atomic E-state index is 13.0. The Labute approximate surface area is 177 Å². The Morgan fingerprint density at radius 1 is 1.03 bits per heavy atom. The van der Waals surface area contributed by atoms with Crippen LogP contribution in [-0.2, 0) is 16.1 Å². The van der Waals surface area contributed by atoms with E-state index in [4.69, 9.17) is 9.47 Å². The smallest absolute Gasteiger partial charge is 0.295 e. The second-order valence-corrected chi connectivity index (χ2v) is 7.14. The highest BCUT2D eigenvalue weighted by Crippen LogP contribution is 2.41. The van der Waals surface area contributed by atoms with Crippen molar-refractivity contribution in [2.24, 2.45) is 0 Å². The lowest BCUT2D eigenvalue weighted by Crippen LogP contribution is -2.29. The van der Waals surface area contributed by atoms with Crippen LogP contribution in [0.15, 0.2) is 72.8 Å². The van der Waals surface area contributed by atoms with Gasteiger partial charge in [-0.2, -0.15) is 0 Å². The molecule has 0 spiro atoms. The van der Waals surface area contributed by atoms with Gasteiger partial charge in [0.25, 0.3) is 11.7 Å². The summed E-state index contributed by atoms with van der Waals surface area (Å²) >= 11 is 0. The Morgan fingerprint density at radius 3 is 2.61 bits per heavy atom. The van der Waals surface area contributed by atoms with Crippen LogP contribution in [0.2, 0.25) is 0 Å². The first-order valence-electron chi connectivity index (χ1n) is 9.61. The molecule has 1 N–H and O–H groups in total. The monoisotopic (exact) mass is 415 g/mol. The topological polar surface area (TPSA) is 102 Å². The number of aliphatic hydroxyl groups is 1. The molecule has 0 aliphatic carbocycles. The van der Waals surface area contributed by atoms with Crippen LogP contribution in [0.4, 0.5) is 0 Å². The van der Waals surface area contributed by atoms with Gasteiger partial charge in [-0.1, -0.05) is 6.07 Å². The van der Waals surface area contributed by atoms with Gasteiger partial charge in [-0.25, -0.2) is 0 Å². The van der Waals surface area contributed by atoms with E-state index < -0.39 is 17.7 Å². The molecule has 154 valence electrons. The number of carbonyl (C=O) groups excluding carboxylic acids is 2. The summed E-state index contributed by atoms with van der Waals surface area (Å²) < 4.78 is 10.7. The summed E-state index contributed by atoms with van der Waals surface area (Å²) in [5.41, 5.74) is 1.80. The molecular formula is C23H17N3O5. The van der Waals surface area contributed by atoms with Crippen LogP contribution in [0, 0.1) is 0 Å². The van der Waals surface area contributed by atoms with Crippen LogP contribution in [0.3, 0.4) is 0 Å². The third-order valence-electron chi connectivity index (χ3n) is 5.29. The first-order chi connectivity index (χ1) is 15.1. The highest BCUT2D eigenvalue weighted by molar-refractivity contribution is 6.46. The molecule has 1 aromatic carbocycles. The van der Waals surface area contributed by atoms with Crippen LogP contribution in [0.25, 0.3) is 5.76 Å². The van der Waals surface area contributed by atoms with E-state index in [1.54, 1.807) is 67.3 Å². The van der Waals surface area contributed by atoms with Gasteiger partial charge in [0, 0.05) is 36.9 Å². The number of benzene rings is 1. The molecule has 2 aliphatic rings. The fourth-order valence-electron chi connectivity index (χ4n) is 3.81. The van der Waals surface area contributed by atoms with Crippen molar-refractivity contribution in [3.8, 4) is 11.5 Å². The van der Waals surface area contributed by atoms with E-state index in [0.717, 1.165) is 5.56 Å². The molecule has 1 unspecified atom stereocenters. The van der Waals surface area contributed by atoms with Crippen LogP contribution < -0.4 is 9.47 Å². The van der Waals surface area contributed by atoms with Crippen molar-refractivity contribution in [1.82, 2.24) is 14.9 Å². The first-order valence-corrected chi connectivity index (χ1v) is 9.61. The zero-order valence-corrected chi connectivity index (χ0v) is 16.3. The molecular weight excluding hydrogens is 398 g/mol. The van der Waals surface area contributed by atoms with Gasteiger partial charge in [0.1, 0.15) is 5.76 Å². The van der Waals surface area contributed by atoms with Crippen molar-refractivity contribution in [3.05, 3.63) is 89.5 Å². The van der Waals surface area contributed by atoms with E-state index in [-0.39, 0.29) is 24.7 Å². The minimum absolute atomic E-state index is 0.00548. The van der Waals surface area contributed by atoms with Crippen LogP contribution in [-0.4, -0.2) is 38.5 Å². The number of hydrogen-bond acceptors (Lipinski definition) is 7. The quantitative estimate of drug-likeness (QED) is 0.397. The predicted molar refractivity (Wildman–Crippen MR) is 109 cm³/mol. The average Bonchev–Trinajstić information content (AvgIpc) is 3.38. The number of aliphatic hydroxyl groups excluding tert-OH is 1. The Kier molecular flexibility index (Phi) is 4.59. The van der Waals surface area contributed by atoms with E-state index in [9.17, 15) is 14.7 Å². The number of carbonyl (C=O) groups is 2. The number of Topliss-reactive ketones (excluding diaryl/α,β-unsaturated/α-hetero) is 1. The highest BCUT2D eigenvalue weighted by atomic mass is 16.7. The number of likely N-dealkylation sites (tertiary alicyclic amines) is 1. The third-order valence-corrected chi connectivity index (χ3v) is 5.29. The molecule has 1 saturated heterocycles. The molecule has 1 fully saturated rings. The minimum atomic E-state index is -0.785. The van der Waals surface area contributed by atoms with Gasteiger partial charge in [0.05, 0.1) is 11.6 Å². The summed E-state index contributed by atoms with van der Waals surface area (Å²) in [5.74, 6) is -0.694. The molecule has 8 heteroatoms. The number of fused-ring (bicyclic) bond motifs is 1. The zero-order chi connectivity index (χ0) is 21.4. The highest BCUT2D eigenvalue weighted by Gasteiger charge is 2.46. The largest absolute Gasteiger partial charge is 0.507 e. The fraction of sp³-hybridized carbons (Fsp3) is 0.130. The molecule has 0 saturated carbocycles. The number of rotatable bonds is 4. The van der Waals surface area contributed by atoms with E-state index in [0.29, 0.717) is 22.6 Å². The van der Waals surface area contributed by atoms with Crippen LogP contribution >= 0.6 is 0 Å². The van der Waals surface area contributed by atoms with Crippen molar-refractivity contribution in [1.29, 1.82) is 0 Å². The van der Waals surface area contributed by atoms with Gasteiger partial charge in [0.15, 0.2) is 11.5 Å². The van der Waals surface area contributed by atoms with Gasteiger partial charge in [-0.15, -0.1) is 0 Å². The molecule has 0 radical (unpaired) electrons. The maximum absolute atomic E-state index is 13.0. The summed E-state index contributed by atoms with van der Waals surface area (Å²) in [6.45, 7) is 0.274. The number of pyridine rings is 2. The second-order valence-electron chi connectivity index (χ2n) is 7.14. The summed E-state index contributed by atoms with van der Waals surface area (Å²) in [6.07, 6.45) is 6.44. The van der Waals surface area contributed by atoms with E-state index in [1.807, 2.05) is 0 Å². The first kappa shape index (κ1) is 18.8. The van der Waals surface area contributed by atoms with E-state index in [2.05, 4.69) is 9.97 Å². The molecule has 0 bridgehead atoms. The number of ether oxygens (including phenoxy) is 2. The summed E-state index contributed by atoms with van der Waals surface area (Å²) in [4.78, 5) is 35.6. The van der Waals surface area contributed by atoms with E-state index in [1.165, 1.54) is 4.90 Å². The lowest BCUT2D eigenvalue weighted by atomic mass is 9.96. The molecule has 3 aromatic rings.